The van der Waals surface area contributed by atoms with Crippen molar-refractivity contribution in [3.8, 4) is 0 Å². The van der Waals surface area contributed by atoms with Crippen LogP contribution in [0.2, 0.25) is 0 Å². The maximum atomic E-state index is 13.1. The Hall–Kier alpha value is -2.75. The van der Waals surface area contributed by atoms with E-state index in [1.807, 2.05) is 30.3 Å². The van der Waals surface area contributed by atoms with Crippen molar-refractivity contribution in [3.05, 3.63) is 65.7 Å². The Balaban J connectivity index is 1.32. The number of benzene rings is 2. The van der Waals surface area contributed by atoms with Gasteiger partial charge in [-0.2, -0.15) is 0 Å². The van der Waals surface area contributed by atoms with Crippen molar-refractivity contribution < 1.29 is 22.7 Å². The van der Waals surface area contributed by atoms with E-state index in [-0.39, 0.29) is 30.2 Å². The van der Waals surface area contributed by atoms with E-state index in [0.717, 1.165) is 18.4 Å². The predicted octanol–water partition coefficient (Wildman–Crippen LogP) is 3.21. The van der Waals surface area contributed by atoms with Gasteiger partial charge in [-0.1, -0.05) is 42.5 Å². The van der Waals surface area contributed by atoms with Crippen LogP contribution in [0.5, 0.6) is 0 Å². The molecule has 2 saturated heterocycles. The van der Waals surface area contributed by atoms with Gasteiger partial charge < -0.3 is 15.4 Å². The Kier molecular flexibility index (Phi) is 9.12. The van der Waals surface area contributed by atoms with Gasteiger partial charge in [0.25, 0.3) is 5.91 Å². The summed E-state index contributed by atoms with van der Waals surface area (Å²) in [5, 5.41) is 5.76. The molecule has 2 aliphatic heterocycles. The van der Waals surface area contributed by atoms with E-state index >= 15 is 0 Å². The number of rotatable bonds is 10. The number of nitrogens with one attached hydrogen (secondary N) is 2. The Labute approximate surface area is 213 Å². The molecule has 2 unspecified atom stereocenters. The van der Waals surface area contributed by atoms with Crippen LogP contribution in [0.25, 0.3) is 0 Å². The summed E-state index contributed by atoms with van der Waals surface area (Å²) in [4.78, 5) is 25.9. The molecule has 0 spiro atoms. The van der Waals surface area contributed by atoms with Crippen molar-refractivity contribution in [2.75, 3.05) is 37.3 Å². The molecule has 2 aromatic carbocycles. The van der Waals surface area contributed by atoms with E-state index in [4.69, 9.17) is 4.74 Å². The van der Waals surface area contributed by atoms with Gasteiger partial charge in [0, 0.05) is 26.2 Å². The molecule has 0 aromatic heterocycles. The summed E-state index contributed by atoms with van der Waals surface area (Å²) >= 11 is 0. The first-order valence-electron chi connectivity index (χ1n) is 12.7. The number of amides is 2. The molecule has 4 rings (SSSR count). The van der Waals surface area contributed by atoms with Gasteiger partial charge in [-0.25, -0.2) is 12.7 Å². The molecule has 2 amide bonds. The number of carbonyl (C=O) groups is 2. The molecule has 36 heavy (non-hydrogen) atoms. The molecule has 194 valence electrons. The molecule has 2 aromatic rings. The number of hydrogen-bond donors (Lipinski definition) is 2. The minimum atomic E-state index is -3.45. The number of hydrogen-bond acceptors (Lipinski definition) is 5. The molecular formula is C27H35N3O5S. The molecule has 0 bridgehead atoms. The number of sulfonamides is 1. The monoisotopic (exact) mass is 513 g/mol. The van der Waals surface area contributed by atoms with E-state index < -0.39 is 15.9 Å². The summed E-state index contributed by atoms with van der Waals surface area (Å²) in [5.74, 6) is -0.943. The third kappa shape index (κ3) is 7.15. The molecule has 2 atom stereocenters. The number of aryl methyl sites for hydroxylation is 1. The first-order chi connectivity index (χ1) is 17.4. The molecule has 0 saturated carbocycles. The summed E-state index contributed by atoms with van der Waals surface area (Å²) in [6.45, 7) is 1.74. The number of para-hydroxylation sites is 1. The number of piperidine rings is 1. The lowest BCUT2D eigenvalue weighted by molar-refractivity contribution is -0.120. The molecule has 9 heteroatoms. The number of carbonyl (C=O) groups excluding carboxylic acids is 2. The largest absolute Gasteiger partial charge is 0.376 e. The van der Waals surface area contributed by atoms with Gasteiger partial charge in [0.2, 0.25) is 15.9 Å². The van der Waals surface area contributed by atoms with Crippen LogP contribution in [0, 0.1) is 5.92 Å². The molecule has 8 nitrogen and oxygen atoms in total. The quantitative estimate of drug-likeness (QED) is 0.508. The van der Waals surface area contributed by atoms with Crippen molar-refractivity contribution in [3.63, 3.8) is 0 Å². The highest BCUT2D eigenvalue weighted by atomic mass is 32.2. The summed E-state index contributed by atoms with van der Waals surface area (Å²) in [6, 6.07) is 16.7. The van der Waals surface area contributed by atoms with Gasteiger partial charge in [0.05, 0.1) is 29.0 Å². The molecule has 0 radical (unpaired) electrons. The van der Waals surface area contributed by atoms with E-state index in [1.165, 1.54) is 4.31 Å². The second-order valence-corrected chi connectivity index (χ2v) is 11.6. The highest BCUT2D eigenvalue weighted by molar-refractivity contribution is 7.89. The summed E-state index contributed by atoms with van der Waals surface area (Å²) in [7, 11) is -3.45. The Morgan fingerprint density at radius 3 is 2.56 bits per heavy atom. The van der Waals surface area contributed by atoms with Gasteiger partial charge in [-0.05, 0) is 56.2 Å². The van der Waals surface area contributed by atoms with E-state index in [9.17, 15) is 18.0 Å². The maximum Gasteiger partial charge on any atom is 0.253 e. The molecule has 2 aliphatic rings. The lowest BCUT2D eigenvalue weighted by Gasteiger charge is -2.31. The molecule has 2 heterocycles. The van der Waals surface area contributed by atoms with Crippen LogP contribution in [0.3, 0.4) is 0 Å². The molecule has 2 fully saturated rings. The number of anilines is 1. The third-order valence-corrected chi connectivity index (χ3v) is 8.73. The maximum absolute atomic E-state index is 13.1. The van der Waals surface area contributed by atoms with Crippen molar-refractivity contribution in [1.29, 1.82) is 0 Å². The minimum Gasteiger partial charge on any atom is -0.376 e. The zero-order valence-electron chi connectivity index (χ0n) is 20.5. The van der Waals surface area contributed by atoms with Gasteiger partial charge in [-0.3, -0.25) is 9.59 Å². The fraction of sp³-hybridized carbons (Fsp3) is 0.481. The van der Waals surface area contributed by atoms with Gasteiger partial charge >= 0.3 is 0 Å². The Morgan fingerprint density at radius 2 is 1.78 bits per heavy atom. The molecule has 0 aliphatic carbocycles. The van der Waals surface area contributed by atoms with Crippen molar-refractivity contribution in [2.45, 2.75) is 44.6 Å². The average molecular weight is 514 g/mol. The average Bonchev–Trinajstić information content (AvgIpc) is 3.42. The van der Waals surface area contributed by atoms with Crippen LogP contribution in [0.15, 0.2) is 54.6 Å². The smallest absolute Gasteiger partial charge is 0.253 e. The highest BCUT2D eigenvalue weighted by Crippen LogP contribution is 2.23. The normalized spacial score (nSPS) is 20.7. The first kappa shape index (κ1) is 26.3. The van der Waals surface area contributed by atoms with Crippen molar-refractivity contribution in [1.82, 2.24) is 9.62 Å². The van der Waals surface area contributed by atoms with Crippen LogP contribution in [0.1, 0.15) is 48.0 Å². The van der Waals surface area contributed by atoms with Gasteiger partial charge in [0.1, 0.15) is 0 Å². The second kappa shape index (κ2) is 12.5. The standard InChI is InChI=1S/C27H35N3O5S/c31-26(29-25-15-5-4-14-24(25)27(32)28-19-23-13-7-17-35-23)22-12-6-16-30(20-22)36(33,34)18-8-11-21-9-2-1-3-10-21/h1-5,9-10,14-15,22-23H,6-8,11-13,16-20H2,(H,28,32)(H,29,31). The predicted molar refractivity (Wildman–Crippen MR) is 139 cm³/mol. The number of ether oxygens (including phenoxy) is 1. The second-order valence-electron chi connectivity index (χ2n) is 9.48. The third-order valence-electron chi connectivity index (χ3n) is 6.80. The van der Waals surface area contributed by atoms with Gasteiger partial charge in [-0.15, -0.1) is 0 Å². The summed E-state index contributed by atoms with van der Waals surface area (Å²) < 4.78 is 32.9. The first-order valence-corrected chi connectivity index (χ1v) is 14.3. The molecular weight excluding hydrogens is 478 g/mol. The summed E-state index contributed by atoms with van der Waals surface area (Å²) in [6.07, 6.45) is 4.41. The zero-order chi connectivity index (χ0) is 25.4. The topological polar surface area (TPSA) is 105 Å². The molecule has 2 N–H and O–H groups in total. The van der Waals surface area contributed by atoms with Crippen LogP contribution in [0.4, 0.5) is 5.69 Å². The van der Waals surface area contributed by atoms with E-state index in [1.54, 1.807) is 24.3 Å². The Morgan fingerprint density at radius 1 is 1.00 bits per heavy atom. The van der Waals surface area contributed by atoms with E-state index in [0.29, 0.717) is 56.6 Å². The lowest BCUT2D eigenvalue weighted by Crippen LogP contribution is -2.44. The van der Waals surface area contributed by atoms with Crippen molar-refractivity contribution in [2.24, 2.45) is 5.92 Å². The number of nitrogens with zero attached hydrogens (tertiary/aromatic N) is 1. The minimum absolute atomic E-state index is 0.0265. The van der Waals surface area contributed by atoms with Crippen LogP contribution in [-0.2, 0) is 26.0 Å². The van der Waals surface area contributed by atoms with Crippen LogP contribution < -0.4 is 10.6 Å². The fourth-order valence-electron chi connectivity index (χ4n) is 4.77. The van der Waals surface area contributed by atoms with Crippen LogP contribution >= 0.6 is 0 Å². The van der Waals surface area contributed by atoms with Crippen LogP contribution in [-0.4, -0.2) is 62.6 Å². The van der Waals surface area contributed by atoms with Crippen molar-refractivity contribution >= 4 is 27.5 Å². The SMILES string of the molecule is O=C(NCC1CCCO1)c1ccccc1NC(=O)C1CCCN(S(=O)(=O)CCCc2ccccc2)C1. The van der Waals surface area contributed by atoms with Gasteiger partial charge in [0.15, 0.2) is 0 Å². The highest BCUT2D eigenvalue weighted by Gasteiger charge is 2.32. The summed E-state index contributed by atoms with van der Waals surface area (Å²) in [5.41, 5.74) is 1.92. The fourth-order valence-corrected chi connectivity index (χ4v) is 6.36. The lowest BCUT2D eigenvalue weighted by atomic mass is 9.98. The zero-order valence-corrected chi connectivity index (χ0v) is 21.3. The van der Waals surface area contributed by atoms with E-state index in [2.05, 4.69) is 10.6 Å². The Bertz CT molecular complexity index is 1130.